The van der Waals surface area contributed by atoms with Crippen LogP contribution in [-0.4, -0.2) is 22.0 Å². The molecule has 0 unspecified atom stereocenters. The molecule has 0 aliphatic heterocycles. The van der Waals surface area contributed by atoms with Crippen LogP contribution in [0.5, 0.6) is 0 Å². The van der Waals surface area contributed by atoms with Crippen molar-refractivity contribution in [3.05, 3.63) is 12.3 Å². The summed E-state index contributed by atoms with van der Waals surface area (Å²) >= 11 is 0. The van der Waals surface area contributed by atoms with Crippen LogP contribution >= 0.6 is 0 Å². The van der Waals surface area contributed by atoms with Crippen molar-refractivity contribution in [3.63, 3.8) is 0 Å². The van der Waals surface area contributed by atoms with Crippen molar-refractivity contribution in [1.29, 1.82) is 0 Å². The topological polar surface area (TPSA) is 53.1 Å². The van der Waals surface area contributed by atoms with Gasteiger partial charge < -0.3 is 10.5 Å². The number of nitrogens with zero attached hydrogens (tertiary/aromatic N) is 2. The van der Waals surface area contributed by atoms with Crippen LogP contribution in [0.3, 0.4) is 0 Å². The number of nitrogens with two attached hydrogens (primary N) is 1. The molecule has 0 saturated carbocycles. The second kappa shape index (κ2) is 3.79. The molecule has 1 aromatic heterocycles. The van der Waals surface area contributed by atoms with E-state index in [-0.39, 0.29) is 5.60 Å². The van der Waals surface area contributed by atoms with Gasteiger partial charge in [-0.2, -0.15) is 5.10 Å². The van der Waals surface area contributed by atoms with Gasteiger partial charge in [0.15, 0.2) is 0 Å². The van der Waals surface area contributed by atoms with Crippen molar-refractivity contribution in [2.75, 3.05) is 12.3 Å². The van der Waals surface area contributed by atoms with Crippen LogP contribution in [0.4, 0.5) is 5.82 Å². The maximum absolute atomic E-state index is 5.54. The van der Waals surface area contributed by atoms with Crippen LogP contribution in [0.25, 0.3) is 0 Å². The van der Waals surface area contributed by atoms with Crippen molar-refractivity contribution in [2.24, 2.45) is 0 Å². The second-order valence-corrected chi connectivity index (χ2v) is 3.63. The molecule has 1 heterocycles. The number of ether oxygens (including phenoxy) is 1. The molecule has 13 heavy (non-hydrogen) atoms. The lowest BCUT2D eigenvalue weighted by atomic mass is 10.1. The van der Waals surface area contributed by atoms with E-state index in [0.29, 0.717) is 12.4 Å². The maximum atomic E-state index is 5.54. The zero-order valence-electron chi connectivity index (χ0n) is 8.45. The molecule has 0 atom stereocenters. The molecule has 4 nitrogen and oxygen atoms in total. The predicted octanol–water partition coefficient (Wildman–Crippen LogP) is 1.28. The summed E-state index contributed by atoms with van der Waals surface area (Å²) in [5, 5.41) is 4.09. The molecule has 4 heteroatoms. The fourth-order valence-electron chi connectivity index (χ4n) is 1.29. The van der Waals surface area contributed by atoms with E-state index in [1.54, 1.807) is 10.7 Å². The Balaban J connectivity index is 2.57. The smallest absolute Gasteiger partial charge is 0.145 e. The predicted molar refractivity (Wildman–Crippen MR) is 52.3 cm³/mol. The van der Waals surface area contributed by atoms with E-state index in [9.17, 15) is 0 Å². The number of hydrogen-bond donors (Lipinski definition) is 1. The molecule has 0 bridgehead atoms. The van der Waals surface area contributed by atoms with Gasteiger partial charge in [0.1, 0.15) is 5.82 Å². The highest BCUT2D eigenvalue weighted by Gasteiger charge is 2.18. The zero-order chi connectivity index (χ0) is 9.90. The minimum atomic E-state index is -0.187. The van der Waals surface area contributed by atoms with Crippen LogP contribution in [0, 0.1) is 0 Å². The Bertz CT molecular complexity index is 268. The Morgan fingerprint density at radius 2 is 2.31 bits per heavy atom. The first-order valence-electron chi connectivity index (χ1n) is 4.46. The van der Waals surface area contributed by atoms with Crippen LogP contribution < -0.4 is 5.73 Å². The molecule has 74 valence electrons. The third kappa shape index (κ3) is 3.06. The maximum Gasteiger partial charge on any atom is 0.145 e. The first kappa shape index (κ1) is 10.1. The third-order valence-corrected chi connectivity index (χ3v) is 1.74. The standard InChI is InChI=1S/C9H17N3O/c1-4-13-9(2,3)7-12-6-5-8(10)11-12/h5-6H,4,7H2,1-3H3,(H2,10,11). The molecule has 0 fully saturated rings. The largest absolute Gasteiger partial charge is 0.382 e. The average Bonchev–Trinajstić information content (AvgIpc) is 2.34. The quantitative estimate of drug-likeness (QED) is 0.765. The fourth-order valence-corrected chi connectivity index (χ4v) is 1.29. The van der Waals surface area contributed by atoms with Gasteiger partial charge in [-0.3, -0.25) is 4.68 Å². The SMILES string of the molecule is CCOC(C)(C)Cn1ccc(N)n1. The number of nitrogen functional groups attached to an aromatic ring is 1. The molecule has 0 saturated heterocycles. The third-order valence-electron chi connectivity index (χ3n) is 1.74. The van der Waals surface area contributed by atoms with E-state index < -0.39 is 0 Å². The molecule has 1 rings (SSSR count). The molecule has 2 N–H and O–H groups in total. The lowest BCUT2D eigenvalue weighted by Gasteiger charge is -2.24. The summed E-state index contributed by atoms with van der Waals surface area (Å²) < 4.78 is 7.34. The van der Waals surface area contributed by atoms with E-state index >= 15 is 0 Å². The Kier molecular flexibility index (Phi) is 2.93. The summed E-state index contributed by atoms with van der Waals surface area (Å²) in [4.78, 5) is 0. The summed E-state index contributed by atoms with van der Waals surface area (Å²) in [6.07, 6.45) is 1.86. The summed E-state index contributed by atoms with van der Waals surface area (Å²) in [5.74, 6) is 0.548. The summed E-state index contributed by atoms with van der Waals surface area (Å²) in [5.41, 5.74) is 5.31. The van der Waals surface area contributed by atoms with Gasteiger partial charge in [0.25, 0.3) is 0 Å². The molecule has 0 radical (unpaired) electrons. The second-order valence-electron chi connectivity index (χ2n) is 3.63. The van der Waals surface area contributed by atoms with Gasteiger partial charge in [0, 0.05) is 12.8 Å². The molecular weight excluding hydrogens is 166 g/mol. The Labute approximate surface area is 78.7 Å². The number of anilines is 1. The number of aromatic nitrogens is 2. The molecule has 0 aliphatic rings. The highest BCUT2D eigenvalue weighted by atomic mass is 16.5. The first-order chi connectivity index (χ1) is 6.03. The van der Waals surface area contributed by atoms with Crippen molar-refractivity contribution in [1.82, 2.24) is 9.78 Å². The van der Waals surface area contributed by atoms with Crippen LogP contribution in [0.15, 0.2) is 12.3 Å². The highest BCUT2D eigenvalue weighted by molar-refractivity contribution is 5.23. The van der Waals surface area contributed by atoms with E-state index in [0.717, 1.165) is 6.54 Å². The summed E-state index contributed by atoms with van der Waals surface area (Å²) in [6.45, 7) is 7.49. The Morgan fingerprint density at radius 3 is 2.77 bits per heavy atom. The van der Waals surface area contributed by atoms with Crippen molar-refractivity contribution in [3.8, 4) is 0 Å². The van der Waals surface area contributed by atoms with Crippen molar-refractivity contribution < 1.29 is 4.74 Å². The minimum Gasteiger partial charge on any atom is -0.382 e. The fraction of sp³-hybridized carbons (Fsp3) is 0.667. The van der Waals surface area contributed by atoms with Gasteiger partial charge in [0.05, 0.1) is 12.1 Å². The van der Waals surface area contributed by atoms with Crippen molar-refractivity contribution in [2.45, 2.75) is 32.9 Å². The van der Waals surface area contributed by atoms with Gasteiger partial charge in [-0.05, 0) is 26.8 Å². The van der Waals surface area contributed by atoms with Gasteiger partial charge in [-0.25, -0.2) is 0 Å². The van der Waals surface area contributed by atoms with Gasteiger partial charge >= 0.3 is 0 Å². The van der Waals surface area contributed by atoms with E-state index in [2.05, 4.69) is 5.10 Å². The lowest BCUT2D eigenvalue weighted by Crippen LogP contribution is -2.30. The summed E-state index contributed by atoms with van der Waals surface area (Å²) in [6, 6.07) is 1.78. The molecule has 1 aromatic rings. The van der Waals surface area contributed by atoms with Crippen LogP contribution in [0.1, 0.15) is 20.8 Å². The number of hydrogen-bond acceptors (Lipinski definition) is 3. The normalized spacial score (nSPS) is 11.9. The van der Waals surface area contributed by atoms with Gasteiger partial charge in [0.2, 0.25) is 0 Å². The monoisotopic (exact) mass is 183 g/mol. The van der Waals surface area contributed by atoms with Crippen LogP contribution in [0.2, 0.25) is 0 Å². The highest BCUT2D eigenvalue weighted by Crippen LogP contribution is 2.12. The molecule has 0 aromatic carbocycles. The van der Waals surface area contributed by atoms with Gasteiger partial charge in [-0.15, -0.1) is 0 Å². The van der Waals surface area contributed by atoms with E-state index in [1.165, 1.54) is 0 Å². The first-order valence-corrected chi connectivity index (χ1v) is 4.46. The minimum absolute atomic E-state index is 0.187. The number of rotatable bonds is 4. The Morgan fingerprint density at radius 1 is 1.62 bits per heavy atom. The molecule has 0 aliphatic carbocycles. The zero-order valence-corrected chi connectivity index (χ0v) is 8.45. The lowest BCUT2D eigenvalue weighted by molar-refractivity contribution is -0.0246. The van der Waals surface area contributed by atoms with Gasteiger partial charge in [-0.1, -0.05) is 0 Å². The van der Waals surface area contributed by atoms with Crippen molar-refractivity contribution >= 4 is 5.82 Å². The molecule has 0 spiro atoms. The average molecular weight is 183 g/mol. The molecular formula is C9H17N3O. The molecule has 0 amide bonds. The van der Waals surface area contributed by atoms with E-state index in [1.807, 2.05) is 27.0 Å². The Hall–Kier alpha value is -1.03. The van der Waals surface area contributed by atoms with E-state index in [4.69, 9.17) is 10.5 Å². The van der Waals surface area contributed by atoms with Crippen LogP contribution in [-0.2, 0) is 11.3 Å². The summed E-state index contributed by atoms with van der Waals surface area (Å²) in [7, 11) is 0.